The van der Waals surface area contributed by atoms with E-state index < -0.39 is 6.09 Å². The Morgan fingerprint density at radius 3 is 2.53 bits per heavy atom. The van der Waals surface area contributed by atoms with Crippen LogP contribution in [0.2, 0.25) is 0 Å². The summed E-state index contributed by atoms with van der Waals surface area (Å²) in [7, 11) is 0. The van der Waals surface area contributed by atoms with Gasteiger partial charge in [-0.1, -0.05) is 23.9 Å². The molecule has 0 fully saturated rings. The number of amides is 1. The summed E-state index contributed by atoms with van der Waals surface area (Å²) < 4.78 is 0. The molecule has 94 valence electrons. The number of hydrogen-bond acceptors (Lipinski definition) is 3. The van der Waals surface area contributed by atoms with Gasteiger partial charge in [0.15, 0.2) is 0 Å². The summed E-state index contributed by atoms with van der Waals surface area (Å²) in [5.41, 5.74) is 1.12. The molecular formula is C14H10N2O2S. The van der Waals surface area contributed by atoms with Gasteiger partial charge in [-0.15, -0.1) is 0 Å². The van der Waals surface area contributed by atoms with Crippen molar-refractivity contribution < 1.29 is 9.90 Å². The van der Waals surface area contributed by atoms with Crippen molar-refractivity contribution in [3.63, 3.8) is 0 Å². The van der Waals surface area contributed by atoms with Crippen molar-refractivity contribution in [1.82, 2.24) is 0 Å². The van der Waals surface area contributed by atoms with Crippen molar-refractivity contribution in [1.29, 1.82) is 5.26 Å². The van der Waals surface area contributed by atoms with Crippen molar-refractivity contribution in [2.24, 2.45) is 0 Å². The fourth-order valence-corrected chi connectivity index (χ4v) is 2.46. The highest BCUT2D eigenvalue weighted by Gasteiger charge is 2.02. The van der Waals surface area contributed by atoms with Crippen LogP contribution < -0.4 is 5.32 Å². The van der Waals surface area contributed by atoms with E-state index in [1.165, 1.54) is 11.8 Å². The number of rotatable bonds is 3. The van der Waals surface area contributed by atoms with Crippen LogP contribution in [0.15, 0.2) is 58.3 Å². The predicted molar refractivity (Wildman–Crippen MR) is 73.4 cm³/mol. The minimum absolute atomic E-state index is 0.522. The van der Waals surface area contributed by atoms with Crippen molar-refractivity contribution in [2.75, 3.05) is 5.32 Å². The summed E-state index contributed by atoms with van der Waals surface area (Å²) in [6, 6.07) is 16.4. The molecule has 19 heavy (non-hydrogen) atoms. The van der Waals surface area contributed by atoms with E-state index in [9.17, 15) is 4.79 Å². The summed E-state index contributed by atoms with van der Waals surface area (Å²) in [5.74, 6) is 0. The first kappa shape index (κ1) is 13.0. The maximum atomic E-state index is 10.6. The summed E-state index contributed by atoms with van der Waals surface area (Å²) >= 11 is 1.47. The molecule has 0 heterocycles. The summed E-state index contributed by atoms with van der Waals surface area (Å²) in [5, 5.41) is 19.8. The summed E-state index contributed by atoms with van der Waals surface area (Å²) in [6.45, 7) is 0. The minimum Gasteiger partial charge on any atom is -0.465 e. The van der Waals surface area contributed by atoms with Gasteiger partial charge in [0.05, 0.1) is 11.6 Å². The van der Waals surface area contributed by atoms with Crippen molar-refractivity contribution in [3.8, 4) is 6.07 Å². The molecule has 2 aromatic rings. The second-order valence-corrected chi connectivity index (χ2v) is 4.85. The average Bonchev–Trinajstić information content (AvgIpc) is 2.38. The van der Waals surface area contributed by atoms with E-state index in [0.717, 1.165) is 9.79 Å². The number of anilines is 1. The van der Waals surface area contributed by atoms with Crippen LogP contribution in [-0.2, 0) is 0 Å². The fourth-order valence-electron chi connectivity index (χ4n) is 1.53. The van der Waals surface area contributed by atoms with E-state index >= 15 is 0 Å². The smallest absolute Gasteiger partial charge is 0.409 e. The highest BCUT2D eigenvalue weighted by atomic mass is 32.2. The second-order valence-electron chi connectivity index (χ2n) is 3.70. The van der Waals surface area contributed by atoms with E-state index in [1.807, 2.05) is 18.2 Å². The van der Waals surface area contributed by atoms with Crippen molar-refractivity contribution >= 4 is 23.5 Å². The van der Waals surface area contributed by atoms with Crippen LogP contribution in [0.4, 0.5) is 10.5 Å². The number of nitrogens with zero attached hydrogens (tertiary/aromatic N) is 1. The number of carbonyl (C=O) groups is 1. The lowest BCUT2D eigenvalue weighted by atomic mass is 10.2. The molecule has 0 saturated carbocycles. The van der Waals surface area contributed by atoms with Gasteiger partial charge in [0.25, 0.3) is 0 Å². The second kappa shape index (κ2) is 5.94. The standard InChI is InChI=1S/C14H10N2O2S/c15-9-10-3-1-5-12(7-10)19-13-6-2-4-11(8-13)16-14(17)18/h1-8,16H,(H,17,18). The number of hydrogen-bond donors (Lipinski definition) is 2. The normalized spacial score (nSPS) is 9.63. The molecule has 0 aliphatic carbocycles. The molecular weight excluding hydrogens is 260 g/mol. The molecule has 5 heteroatoms. The number of carboxylic acid groups (broad SMARTS) is 1. The van der Waals surface area contributed by atoms with Gasteiger partial charge in [0.1, 0.15) is 0 Å². The molecule has 2 N–H and O–H groups in total. The van der Waals surface area contributed by atoms with Gasteiger partial charge in [-0.3, -0.25) is 5.32 Å². The van der Waals surface area contributed by atoms with Gasteiger partial charge in [-0.25, -0.2) is 4.79 Å². The third-order valence-electron chi connectivity index (χ3n) is 2.28. The van der Waals surface area contributed by atoms with Gasteiger partial charge >= 0.3 is 6.09 Å². The van der Waals surface area contributed by atoms with Crippen LogP contribution >= 0.6 is 11.8 Å². The third-order valence-corrected chi connectivity index (χ3v) is 3.26. The first-order valence-electron chi connectivity index (χ1n) is 5.45. The zero-order chi connectivity index (χ0) is 13.7. The monoisotopic (exact) mass is 270 g/mol. The quantitative estimate of drug-likeness (QED) is 0.889. The van der Waals surface area contributed by atoms with Crippen LogP contribution in [0.5, 0.6) is 0 Å². The van der Waals surface area contributed by atoms with E-state index in [-0.39, 0.29) is 0 Å². The molecule has 0 saturated heterocycles. The Morgan fingerprint density at radius 2 is 1.84 bits per heavy atom. The van der Waals surface area contributed by atoms with E-state index in [1.54, 1.807) is 30.3 Å². The van der Waals surface area contributed by atoms with Crippen LogP contribution in [0.3, 0.4) is 0 Å². The van der Waals surface area contributed by atoms with Gasteiger partial charge in [0, 0.05) is 15.5 Å². The largest absolute Gasteiger partial charge is 0.465 e. The molecule has 0 aromatic heterocycles. The molecule has 0 aliphatic heterocycles. The molecule has 2 aromatic carbocycles. The molecule has 0 aliphatic rings. The van der Waals surface area contributed by atoms with E-state index in [2.05, 4.69) is 11.4 Å². The highest BCUT2D eigenvalue weighted by Crippen LogP contribution is 2.29. The van der Waals surface area contributed by atoms with E-state index in [4.69, 9.17) is 10.4 Å². The third kappa shape index (κ3) is 3.76. The maximum Gasteiger partial charge on any atom is 0.409 e. The minimum atomic E-state index is -1.09. The van der Waals surface area contributed by atoms with Crippen LogP contribution in [0, 0.1) is 11.3 Å². The molecule has 1 amide bonds. The Hall–Kier alpha value is -2.45. The maximum absolute atomic E-state index is 10.6. The lowest BCUT2D eigenvalue weighted by Gasteiger charge is -2.05. The molecule has 0 spiro atoms. The number of nitriles is 1. The highest BCUT2D eigenvalue weighted by molar-refractivity contribution is 7.99. The molecule has 0 radical (unpaired) electrons. The molecule has 0 unspecified atom stereocenters. The fraction of sp³-hybridized carbons (Fsp3) is 0. The Bertz CT molecular complexity index is 650. The Kier molecular flexibility index (Phi) is 4.06. The molecule has 4 nitrogen and oxygen atoms in total. The molecule has 0 atom stereocenters. The Labute approximate surface area is 114 Å². The van der Waals surface area contributed by atoms with Crippen LogP contribution in [0.1, 0.15) is 5.56 Å². The predicted octanol–water partition coefficient (Wildman–Crippen LogP) is 3.80. The lowest BCUT2D eigenvalue weighted by molar-refractivity contribution is 0.209. The Morgan fingerprint density at radius 1 is 1.16 bits per heavy atom. The molecule has 2 rings (SSSR count). The van der Waals surface area contributed by atoms with E-state index in [0.29, 0.717) is 11.3 Å². The van der Waals surface area contributed by atoms with Gasteiger partial charge < -0.3 is 5.11 Å². The topological polar surface area (TPSA) is 73.1 Å². The van der Waals surface area contributed by atoms with Gasteiger partial charge in [-0.2, -0.15) is 5.26 Å². The molecule has 0 bridgehead atoms. The first-order valence-corrected chi connectivity index (χ1v) is 6.27. The van der Waals surface area contributed by atoms with Gasteiger partial charge in [-0.05, 0) is 36.4 Å². The number of nitrogens with one attached hydrogen (secondary N) is 1. The number of benzene rings is 2. The van der Waals surface area contributed by atoms with Crippen molar-refractivity contribution in [3.05, 3.63) is 54.1 Å². The first-order chi connectivity index (χ1) is 9.17. The Balaban J connectivity index is 2.18. The SMILES string of the molecule is N#Cc1cccc(Sc2cccc(NC(=O)O)c2)c1. The van der Waals surface area contributed by atoms with Gasteiger partial charge in [0.2, 0.25) is 0 Å². The van der Waals surface area contributed by atoms with Crippen LogP contribution in [0.25, 0.3) is 0 Å². The van der Waals surface area contributed by atoms with Crippen molar-refractivity contribution in [2.45, 2.75) is 9.79 Å². The zero-order valence-corrected chi connectivity index (χ0v) is 10.6. The summed E-state index contributed by atoms with van der Waals surface area (Å²) in [6.07, 6.45) is -1.09. The average molecular weight is 270 g/mol. The zero-order valence-electron chi connectivity index (χ0n) is 9.83. The lowest BCUT2D eigenvalue weighted by Crippen LogP contribution is -2.06. The van der Waals surface area contributed by atoms with Crippen LogP contribution in [-0.4, -0.2) is 11.2 Å². The summed E-state index contributed by atoms with van der Waals surface area (Å²) in [4.78, 5) is 12.4.